The molecule has 2 rings (SSSR count). The predicted octanol–water partition coefficient (Wildman–Crippen LogP) is 3.18. The fraction of sp³-hybridized carbons (Fsp3) is 0.538. The lowest BCUT2D eigenvalue weighted by atomic mass is 10.2. The number of ether oxygens (including phenoxy) is 2. The van der Waals surface area contributed by atoms with Crippen LogP contribution in [-0.4, -0.2) is 18.5 Å². The van der Waals surface area contributed by atoms with Gasteiger partial charge in [-0.2, -0.15) is 0 Å². The number of thioether (sulfide) groups is 1. The fourth-order valence-corrected chi connectivity index (χ4v) is 2.57. The summed E-state index contributed by atoms with van der Waals surface area (Å²) in [6.07, 6.45) is 0. The first-order valence-corrected chi connectivity index (χ1v) is 6.81. The van der Waals surface area contributed by atoms with Gasteiger partial charge in [0.2, 0.25) is 0 Å². The highest BCUT2D eigenvalue weighted by atomic mass is 32.2. The van der Waals surface area contributed by atoms with Gasteiger partial charge in [-0.3, -0.25) is 0 Å². The standard InChI is InChI=1S/C13H19NO2S/c1-8(2)9(3)17-13-7-12-11(6-10(13)14)15-4-5-16-12/h6-9H,4-5,14H2,1-3H3. The van der Waals surface area contributed by atoms with Crippen LogP contribution >= 0.6 is 11.8 Å². The third-order valence-corrected chi connectivity index (χ3v) is 4.45. The van der Waals surface area contributed by atoms with Crippen LogP contribution in [0.3, 0.4) is 0 Å². The minimum absolute atomic E-state index is 0.528. The highest BCUT2D eigenvalue weighted by Gasteiger charge is 2.17. The van der Waals surface area contributed by atoms with E-state index in [0.29, 0.717) is 24.4 Å². The van der Waals surface area contributed by atoms with Crippen LogP contribution in [0.5, 0.6) is 11.5 Å². The molecule has 1 unspecified atom stereocenters. The van der Waals surface area contributed by atoms with Crippen LogP contribution in [0.25, 0.3) is 0 Å². The number of benzene rings is 1. The van der Waals surface area contributed by atoms with E-state index >= 15 is 0 Å². The summed E-state index contributed by atoms with van der Waals surface area (Å²) in [5.41, 5.74) is 6.81. The van der Waals surface area contributed by atoms with E-state index in [1.807, 2.05) is 12.1 Å². The Morgan fingerprint density at radius 2 is 1.71 bits per heavy atom. The second-order valence-electron chi connectivity index (χ2n) is 4.60. The van der Waals surface area contributed by atoms with E-state index < -0.39 is 0 Å². The van der Waals surface area contributed by atoms with Crippen molar-refractivity contribution in [2.75, 3.05) is 18.9 Å². The second-order valence-corrected chi connectivity index (χ2v) is 6.02. The first kappa shape index (κ1) is 12.4. The van der Waals surface area contributed by atoms with E-state index in [1.54, 1.807) is 11.8 Å². The summed E-state index contributed by atoms with van der Waals surface area (Å²) in [4.78, 5) is 1.08. The summed E-state index contributed by atoms with van der Waals surface area (Å²) in [6, 6.07) is 3.86. The Kier molecular flexibility index (Phi) is 3.72. The lowest BCUT2D eigenvalue weighted by Gasteiger charge is -2.21. The van der Waals surface area contributed by atoms with Gasteiger partial charge in [0.1, 0.15) is 13.2 Å². The lowest BCUT2D eigenvalue weighted by Crippen LogP contribution is -2.16. The van der Waals surface area contributed by atoms with Crippen LogP contribution in [0.2, 0.25) is 0 Å². The average Bonchev–Trinajstić information content (AvgIpc) is 2.29. The minimum atomic E-state index is 0.528. The minimum Gasteiger partial charge on any atom is -0.486 e. The zero-order chi connectivity index (χ0) is 12.4. The van der Waals surface area contributed by atoms with Gasteiger partial charge in [0.25, 0.3) is 0 Å². The van der Waals surface area contributed by atoms with Crippen molar-refractivity contribution in [3.05, 3.63) is 12.1 Å². The number of anilines is 1. The van der Waals surface area contributed by atoms with Gasteiger partial charge >= 0.3 is 0 Å². The molecule has 1 aliphatic heterocycles. The highest BCUT2D eigenvalue weighted by molar-refractivity contribution is 8.00. The Morgan fingerprint density at radius 1 is 1.12 bits per heavy atom. The van der Waals surface area contributed by atoms with Crippen LogP contribution in [0, 0.1) is 5.92 Å². The molecule has 0 aromatic heterocycles. The smallest absolute Gasteiger partial charge is 0.163 e. The number of rotatable bonds is 3. The van der Waals surface area contributed by atoms with Gasteiger partial charge in [0.05, 0.1) is 0 Å². The van der Waals surface area contributed by atoms with Gasteiger partial charge in [-0.25, -0.2) is 0 Å². The second kappa shape index (κ2) is 5.08. The molecule has 0 amide bonds. The Morgan fingerprint density at radius 3 is 2.29 bits per heavy atom. The van der Waals surface area contributed by atoms with Gasteiger partial charge in [0.15, 0.2) is 11.5 Å². The van der Waals surface area contributed by atoms with Crippen LogP contribution in [0.1, 0.15) is 20.8 Å². The number of nitrogens with two attached hydrogens (primary N) is 1. The molecule has 0 fully saturated rings. The molecule has 1 aliphatic rings. The molecule has 1 aromatic carbocycles. The maximum atomic E-state index is 6.04. The van der Waals surface area contributed by atoms with Gasteiger partial charge in [0, 0.05) is 21.9 Å². The van der Waals surface area contributed by atoms with Crippen molar-refractivity contribution in [2.24, 2.45) is 5.92 Å². The van der Waals surface area contributed by atoms with E-state index in [-0.39, 0.29) is 0 Å². The number of fused-ring (bicyclic) bond motifs is 1. The van der Waals surface area contributed by atoms with Crippen molar-refractivity contribution in [3.8, 4) is 11.5 Å². The van der Waals surface area contributed by atoms with Gasteiger partial charge < -0.3 is 15.2 Å². The number of nitrogen functional groups attached to an aromatic ring is 1. The van der Waals surface area contributed by atoms with Crippen molar-refractivity contribution < 1.29 is 9.47 Å². The third-order valence-electron chi connectivity index (χ3n) is 2.93. The molecule has 0 radical (unpaired) electrons. The summed E-state index contributed by atoms with van der Waals surface area (Å²) >= 11 is 1.79. The monoisotopic (exact) mass is 253 g/mol. The Bertz CT molecular complexity index is 407. The summed E-state index contributed by atoms with van der Waals surface area (Å²) in [5, 5.41) is 0.528. The zero-order valence-corrected chi connectivity index (χ0v) is 11.3. The van der Waals surface area contributed by atoms with Gasteiger partial charge in [-0.15, -0.1) is 11.8 Å². The van der Waals surface area contributed by atoms with Crippen LogP contribution < -0.4 is 15.2 Å². The van der Waals surface area contributed by atoms with Crippen molar-refractivity contribution in [3.63, 3.8) is 0 Å². The molecule has 0 bridgehead atoms. The van der Waals surface area contributed by atoms with Gasteiger partial charge in [-0.1, -0.05) is 20.8 Å². The lowest BCUT2D eigenvalue weighted by molar-refractivity contribution is 0.171. The molecule has 3 nitrogen and oxygen atoms in total. The van der Waals surface area contributed by atoms with Crippen LogP contribution in [0.15, 0.2) is 17.0 Å². The summed E-state index contributed by atoms with van der Waals surface area (Å²) in [5.74, 6) is 2.19. The van der Waals surface area contributed by atoms with Crippen LogP contribution in [-0.2, 0) is 0 Å². The molecule has 0 saturated carbocycles. The van der Waals surface area contributed by atoms with Gasteiger partial charge in [-0.05, 0) is 12.0 Å². The third kappa shape index (κ3) is 2.80. The maximum Gasteiger partial charge on any atom is 0.163 e. The zero-order valence-electron chi connectivity index (χ0n) is 10.5. The molecule has 4 heteroatoms. The average molecular weight is 253 g/mol. The highest BCUT2D eigenvalue weighted by Crippen LogP contribution is 2.40. The van der Waals surface area contributed by atoms with Crippen molar-refractivity contribution in [1.29, 1.82) is 0 Å². The number of hydrogen-bond donors (Lipinski definition) is 1. The predicted molar refractivity (Wildman–Crippen MR) is 72.0 cm³/mol. The van der Waals surface area contributed by atoms with E-state index in [4.69, 9.17) is 15.2 Å². The molecule has 2 N–H and O–H groups in total. The van der Waals surface area contributed by atoms with E-state index in [9.17, 15) is 0 Å². The van der Waals surface area contributed by atoms with E-state index in [2.05, 4.69) is 20.8 Å². The molecule has 1 heterocycles. The Balaban J connectivity index is 2.22. The Hall–Kier alpha value is -1.03. The number of hydrogen-bond acceptors (Lipinski definition) is 4. The molecule has 1 aromatic rings. The molecule has 0 spiro atoms. The summed E-state index contributed by atoms with van der Waals surface area (Å²) in [6.45, 7) is 7.85. The first-order valence-electron chi connectivity index (χ1n) is 5.93. The largest absolute Gasteiger partial charge is 0.486 e. The van der Waals surface area contributed by atoms with E-state index in [1.165, 1.54) is 0 Å². The fourth-order valence-electron chi connectivity index (χ4n) is 1.52. The Labute approximate surface area is 107 Å². The summed E-state index contributed by atoms with van der Waals surface area (Å²) in [7, 11) is 0. The van der Waals surface area contributed by atoms with Crippen molar-refractivity contribution >= 4 is 17.4 Å². The molecule has 1 atom stereocenters. The van der Waals surface area contributed by atoms with E-state index in [0.717, 1.165) is 22.1 Å². The molecule has 0 aliphatic carbocycles. The molecular weight excluding hydrogens is 234 g/mol. The first-order chi connectivity index (χ1) is 8.08. The molecular formula is C13H19NO2S. The molecule has 94 valence electrons. The summed E-state index contributed by atoms with van der Waals surface area (Å²) < 4.78 is 11.1. The normalized spacial score (nSPS) is 16.0. The maximum absolute atomic E-state index is 6.04. The van der Waals surface area contributed by atoms with Crippen molar-refractivity contribution in [2.45, 2.75) is 30.9 Å². The SMILES string of the molecule is CC(C)C(C)Sc1cc2c(cc1N)OCCO2. The molecule has 17 heavy (non-hydrogen) atoms. The molecule has 0 saturated heterocycles. The van der Waals surface area contributed by atoms with Crippen LogP contribution in [0.4, 0.5) is 5.69 Å². The quantitative estimate of drug-likeness (QED) is 0.664. The van der Waals surface area contributed by atoms with Crippen molar-refractivity contribution in [1.82, 2.24) is 0 Å². The topological polar surface area (TPSA) is 44.5 Å².